The maximum atomic E-state index is 12.9. The maximum Gasteiger partial charge on any atom is 0.295 e. The molecule has 1 aromatic heterocycles. The monoisotopic (exact) mass is 496 g/mol. The van der Waals surface area contributed by atoms with E-state index in [1.54, 1.807) is 23.9 Å². The second-order valence-electron chi connectivity index (χ2n) is 6.79. The highest BCUT2D eigenvalue weighted by Crippen LogP contribution is 2.25. The van der Waals surface area contributed by atoms with Gasteiger partial charge < -0.3 is 10.1 Å². The first-order valence-electron chi connectivity index (χ1n) is 9.39. The van der Waals surface area contributed by atoms with Crippen molar-refractivity contribution in [3.63, 3.8) is 0 Å². The number of ether oxygens (including phenoxy) is 1. The first kappa shape index (κ1) is 21.1. The summed E-state index contributed by atoms with van der Waals surface area (Å²) in [7, 11) is 1.61. The number of nitrogens with zero attached hydrogens (tertiary/aromatic N) is 3. The summed E-state index contributed by atoms with van der Waals surface area (Å²) in [5.41, 5.74) is 3.15. The van der Waals surface area contributed by atoms with Gasteiger partial charge >= 0.3 is 0 Å². The molecule has 3 aromatic carbocycles. The zero-order valence-electron chi connectivity index (χ0n) is 16.8. The largest absolute Gasteiger partial charge is 0.497 e. The molecule has 0 aliphatic rings. The zero-order chi connectivity index (χ0) is 22.0. The van der Waals surface area contributed by atoms with E-state index in [0.717, 1.165) is 27.0 Å². The third kappa shape index (κ3) is 4.62. The molecule has 0 radical (unpaired) electrons. The maximum absolute atomic E-state index is 12.9. The lowest BCUT2D eigenvalue weighted by atomic mass is 10.2. The Labute approximate surface area is 193 Å². The van der Waals surface area contributed by atoms with Crippen LogP contribution in [0.4, 0.5) is 5.69 Å². The van der Waals surface area contributed by atoms with Crippen LogP contribution >= 0.6 is 27.5 Å². The molecule has 0 saturated heterocycles. The van der Waals surface area contributed by atoms with Gasteiger partial charge in [0.2, 0.25) is 5.82 Å². The van der Waals surface area contributed by atoms with E-state index >= 15 is 0 Å². The van der Waals surface area contributed by atoms with E-state index in [2.05, 4.69) is 31.3 Å². The second kappa shape index (κ2) is 8.91. The molecule has 0 aliphatic heterocycles. The van der Waals surface area contributed by atoms with Crippen LogP contribution in [0.3, 0.4) is 0 Å². The summed E-state index contributed by atoms with van der Waals surface area (Å²) in [6.07, 6.45) is 0. The van der Waals surface area contributed by atoms with Crippen LogP contribution in [0.5, 0.6) is 5.75 Å². The van der Waals surface area contributed by atoms with Crippen LogP contribution in [0.15, 0.2) is 71.2 Å². The van der Waals surface area contributed by atoms with Gasteiger partial charge in [-0.2, -0.15) is 0 Å². The highest BCUT2D eigenvalue weighted by Gasteiger charge is 2.19. The molecule has 31 heavy (non-hydrogen) atoms. The third-order valence-corrected chi connectivity index (χ3v) is 5.41. The number of methoxy groups -OCH3 is 1. The summed E-state index contributed by atoms with van der Waals surface area (Å²) >= 11 is 9.47. The molecule has 4 aromatic rings. The van der Waals surface area contributed by atoms with Crippen molar-refractivity contribution in [2.45, 2.75) is 6.92 Å². The number of nitrogens with one attached hydrogen (secondary N) is 1. The Hall–Kier alpha value is -3.16. The standard InChI is InChI=1S/C23H18BrClN4O2/c1-14-13-16(24)5-12-20(14)26-23(30)21-27-22(15-3-6-17(25)7-4-15)29(28-21)18-8-10-19(31-2)11-9-18/h3-13H,1-2H3,(H,26,30). The number of carbonyl (C=O) groups excluding carboxylic acids is 1. The average molecular weight is 498 g/mol. The number of hydrogen-bond donors (Lipinski definition) is 1. The summed E-state index contributed by atoms with van der Waals surface area (Å²) in [6, 6.07) is 20.2. The molecule has 0 unspecified atom stereocenters. The van der Waals surface area contributed by atoms with Crippen LogP contribution in [0, 0.1) is 6.92 Å². The highest BCUT2D eigenvalue weighted by atomic mass is 79.9. The Morgan fingerprint density at radius 1 is 1.06 bits per heavy atom. The summed E-state index contributed by atoms with van der Waals surface area (Å²) in [4.78, 5) is 17.5. The van der Waals surface area contributed by atoms with Crippen molar-refractivity contribution < 1.29 is 9.53 Å². The van der Waals surface area contributed by atoms with E-state index in [1.165, 1.54) is 0 Å². The second-order valence-corrected chi connectivity index (χ2v) is 8.14. The molecule has 8 heteroatoms. The van der Waals surface area contributed by atoms with Gasteiger partial charge in [0.15, 0.2) is 5.82 Å². The Morgan fingerprint density at radius 3 is 2.42 bits per heavy atom. The van der Waals surface area contributed by atoms with Crippen LogP contribution < -0.4 is 10.1 Å². The van der Waals surface area contributed by atoms with Gasteiger partial charge in [0.1, 0.15) is 5.75 Å². The third-order valence-electron chi connectivity index (χ3n) is 4.67. The lowest BCUT2D eigenvalue weighted by molar-refractivity contribution is 0.101. The summed E-state index contributed by atoms with van der Waals surface area (Å²) in [6.45, 7) is 1.92. The van der Waals surface area contributed by atoms with Crippen molar-refractivity contribution >= 4 is 39.1 Å². The van der Waals surface area contributed by atoms with E-state index in [9.17, 15) is 4.79 Å². The van der Waals surface area contributed by atoms with Gasteiger partial charge in [-0.1, -0.05) is 27.5 Å². The Bertz CT molecular complexity index is 1240. The fourth-order valence-corrected chi connectivity index (χ4v) is 3.64. The number of rotatable bonds is 5. The number of carbonyl (C=O) groups is 1. The molecule has 156 valence electrons. The molecule has 6 nitrogen and oxygen atoms in total. The van der Waals surface area contributed by atoms with E-state index < -0.39 is 5.91 Å². The molecule has 0 fully saturated rings. The molecule has 1 amide bonds. The van der Waals surface area contributed by atoms with E-state index in [0.29, 0.717) is 16.5 Å². The number of anilines is 1. The lowest BCUT2D eigenvalue weighted by Crippen LogP contribution is -2.15. The van der Waals surface area contributed by atoms with Gasteiger partial charge in [0, 0.05) is 20.7 Å². The SMILES string of the molecule is COc1ccc(-n2nc(C(=O)Nc3ccc(Br)cc3C)nc2-c2ccc(Cl)cc2)cc1. The van der Waals surface area contributed by atoms with Gasteiger partial charge in [-0.25, -0.2) is 9.67 Å². The van der Waals surface area contributed by atoms with Crippen LogP contribution in [0.25, 0.3) is 17.1 Å². The topological polar surface area (TPSA) is 69.0 Å². The van der Waals surface area contributed by atoms with Crippen molar-refractivity contribution in [2.24, 2.45) is 0 Å². The van der Waals surface area contributed by atoms with Gasteiger partial charge in [0.25, 0.3) is 5.91 Å². The number of aryl methyl sites for hydroxylation is 1. The van der Waals surface area contributed by atoms with E-state index in [4.69, 9.17) is 16.3 Å². The van der Waals surface area contributed by atoms with Crippen LogP contribution in [0.1, 0.15) is 16.2 Å². The lowest BCUT2D eigenvalue weighted by Gasteiger charge is -2.07. The predicted molar refractivity (Wildman–Crippen MR) is 125 cm³/mol. The zero-order valence-corrected chi connectivity index (χ0v) is 19.1. The van der Waals surface area contributed by atoms with Crippen molar-refractivity contribution in [1.82, 2.24) is 14.8 Å². The molecule has 0 bridgehead atoms. The Balaban J connectivity index is 1.74. The molecular weight excluding hydrogens is 480 g/mol. The van der Waals surface area contributed by atoms with E-state index in [-0.39, 0.29) is 5.82 Å². The number of hydrogen-bond acceptors (Lipinski definition) is 4. The number of amides is 1. The molecular formula is C23H18BrClN4O2. The molecule has 4 rings (SSSR count). The molecule has 1 N–H and O–H groups in total. The number of benzene rings is 3. The van der Waals surface area contributed by atoms with Crippen LogP contribution in [0.2, 0.25) is 5.02 Å². The van der Waals surface area contributed by atoms with Gasteiger partial charge in [0.05, 0.1) is 12.8 Å². The van der Waals surface area contributed by atoms with Crippen molar-refractivity contribution in [3.05, 3.63) is 87.6 Å². The molecule has 1 heterocycles. The normalized spacial score (nSPS) is 10.7. The van der Waals surface area contributed by atoms with Crippen molar-refractivity contribution in [1.29, 1.82) is 0 Å². The minimum atomic E-state index is -0.395. The molecule has 0 spiro atoms. The number of halogens is 2. The predicted octanol–water partition coefficient (Wildman–Crippen LogP) is 5.92. The summed E-state index contributed by atoms with van der Waals surface area (Å²) in [5.74, 6) is 0.913. The van der Waals surface area contributed by atoms with Gasteiger partial charge in [-0.05, 0) is 79.2 Å². The van der Waals surface area contributed by atoms with Crippen LogP contribution in [-0.2, 0) is 0 Å². The number of aromatic nitrogens is 3. The summed E-state index contributed by atoms with van der Waals surface area (Å²) < 4.78 is 7.81. The fourth-order valence-electron chi connectivity index (χ4n) is 3.04. The average Bonchev–Trinajstić information content (AvgIpc) is 3.22. The Morgan fingerprint density at radius 2 is 1.77 bits per heavy atom. The van der Waals surface area contributed by atoms with Crippen LogP contribution in [-0.4, -0.2) is 27.8 Å². The molecule has 0 aliphatic carbocycles. The first-order valence-corrected chi connectivity index (χ1v) is 10.6. The van der Waals surface area contributed by atoms with Gasteiger partial charge in [-0.15, -0.1) is 5.10 Å². The van der Waals surface area contributed by atoms with E-state index in [1.807, 2.05) is 61.5 Å². The molecule has 0 saturated carbocycles. The smallest absolute Gasteiger partial charge is 0.295 e. The fraction of sp³-hybridized carbons (Fsp3) is 0.0870. The first-order chi connectivity index (χ1) is 14.9. The summed E-state index contributed by atoms with van der Waals surface area (Å²) in [5, 5.41) is 7.99. The minimum Gasteiger partial charge on any atom is -0.497 e. The van der Waals surface area contributed by atoms with Gasteiger partial charge in [-0.3, -0.25) is 4.79 Å². The quantitative estimate of drug-likeness (QED) is 0.372. The van der Waals surface area contributed by atoms with Crippen molar-refractivity contribution in [3.8, 4) is 22.8 Å². The Kier molecular flexibility index (Phi) is 6.06. The van der Waals surface area contributed by atoms with Crippen molar-refractivity contribution in [2.75, 3.05) is 12.4 Å². The highest BCUT2D eigenvalue weighted by molar-refractivity contribution is 9.10. The molecule has 0 atom stereocenters. The minimum absolute atomic E-state index is 0.0584.